The van der Waals surface area contributed by atoms with Crippen LogP contribution < -0.4 is 5.32 Å². The minimum absolute atomic E-state index is 0.118. The van der Waals surface area contributed by atoms with Crippen molar-refractivity contribution in [1.82, 2.24) is 14.9 Å². The van der Waals surface area contributed by atoms with Gasteiger partial charge in [0.25, 0.3) is 0 Å². The van der Waals surface area contributed by atoms with Crippen LogP contribution in [-0.4, -0.2) is 39.6 Å². The number of allylic oxidation sites excluding steroid dienone is 2. The number of nitro groups is 1. The number of benzene rings is 2. The van der Waals surface area contributed by atoms with Crippen molar-refractivity contribution in [2.24, 2.45) is 7.05 Å². The van der Waals surface area contributed by atoms with Crippen LogP contribution in [0.25, 0.3) is 0 Å². The van der Waals surface area contributed by atoms with E-state index >= 15 is 0 Å². The Labute approximate surface area is 226 Å². The summed E-state index contributed by atoms with van der Waals surface area (Å²) in [5.74, 6) is -2.43. The summed E-state index contributed by atoms with van der Waals surface area (Å²) in [7, 11) is 1.48. The summed E-state index contributed by atoms with van der Waals surface area (Å²) in [5.41, 5.74) is 3.24. The van der Waals surface area contributed by atoms with Gasteiger partial charge in [0.2, 0.25) is 5.82 Å². The van der Waals surface area contributed by atoms with E-state index in [0.29, 0.717) is 24.2 Å². The van der Waals surface area contributed by atoms with Crippen LogP contribution in [0.4, 0.5) is 5.82 Å². The molecule has 0 fully saturated rings. The first-order chi connectivity index (χ1) is 18.8. The molecule has 0 radical (unpaired) electrons. The number of aromatic nitrogens is 2. The van der Waals surface area contributed by atoms with Crippen LogP contribution in [0.5, 0.6) is 0 Å². The molecule has 202 valence electrons. The van der Waals surface area contributed by atoms with E-state index in [1.54, 1.807) is 13.8 Å². The molecule has 1 aliphatic heterocycles. The zero-order valence-electron chi connectivity index (χ0n) is 22.0. The lowest BCUT2D eigenvalue weighted by molar-refractivity contribution is -0.391. The molecule has 0 saturated heterocycles. The van der Waals surface area contributed by atoms with Crippen molar-refractivity contribution in [3.63, 3.8) is 0 Å². The number of rotatable bonds is 10. The Balaban J connectivity index is 1.62. The molecule has 2 aromatic carbocycles. The Kier molecular flexibility index (Phi) is 8.55. The summed E-state index contributed by atoms with van der Waals surface area (Å²) in [6.45, 7) is 3.62. The molecule has 3 aromatic rings. The standard InChI is InChI=1S/C29H30N4O6/c1-19-24(28(34)38-16-14-21-10-6-4-7-11-21)26(27-30-18-23(32(27)3)33(36)37)25(20(2)31-19)29(35)39-17-15-22-12-8-5-9-13-22/h4-13,18,26,31H,14-17H2,1-3H3. The van der Waals surface area contributed by atoms with Crippen molar-refractivity contribution in [3.8, 4) is 0 Å². The lowest BCUT2D eigenvalue weighted by Gasteiger charge is -2.28. The van der Waals surface area contributed by atoms with E-state index in [9.17, 15) is 19.7 Å². The summed E-state index contributed by atoms with van der Waals surface area (Å²) in [4.78, 5) is 42.1. The minimum Gasteiger partial charge on any atom is -0.462 e. The predicted octanol–water partition coefficient (Wildman–Crippen LogP) is 4.13. The lowest BCUT2D eigenvalue weighted by Crippen LogP contribution is -2.34. The first kappa shape index (κ1) is 27.3. The van der Waals surface area contributed by atoms with Crippen molar-refractivity contribution in [3.05, 3.63) is 116 Å². The highest BCUT2D eigenvalue weighted by atomic mass is 16.6. The second kappa shape index (κ2) is 12.2. The molecule has 1 N–H and O–H groups in total. The maximum atomic E-state index is 13.4. The predicted molar refractivity (Wildman–Crippen MR) is 143 cm³/mol. The monoisotopic (exact) mass is 530 g/mol. The largest absolute Gasteiger partial charge is 0.462 e. The number of esters is 2. The van der Waals surface area contributed by atoms with Gasteiger partial charge in [-0.05, 0) is 29.9 Å². The number of carbonyl (C=O) groups is 2. The SMILES string of the molecule is CC1=C(C(=O)OCCc2ccccc2)C(c2ncc([N+](=O)[O-])n2C)C(C(=O)OCCc2ccccc2)=C(C)N1. The van der Waals surface area contributed by atoms with E-state index in [4.69, 9.17) is 9.47 Å². The molecule has 1 aromatic heterocycles. The first-order valence-electron chi connectivity index (χ1n) is 12.5. The average Bonchev–Trinajstić information content (AvgIpc) is 3.30. The maximum Gasteiger partial charge on any atom is 0.342 e. The van der Waals surface area contributed by atoms with Gasteiger partial charge in [0.15, 0.2) is 0 Å². The molecular weight excluding hydrogens is 500 g/mol. The van der Waals surface area contributed by atoms with E-state index in [2.05, 4.69) is 10.3 Å². The van der Waals surface area contributed by atoms with Crippen LogP contribution in [0.2, 0.25) is 0 Å². The normalized spacial score (nSPS) is 13.7. The van der Waals surface area contributed by atoms with E-state index in [1.807, 2.05) is 60.7 Å². The molecule has 0 aliphatic carbocycles. The maximum absolute atomic E-state index is 13.4. The van der Waals surface area contributed by atoms with Gasteiger partial charge in [0.05, 0.1) is 31.4 Å². The Bertz CT molecular complexity index is 1350. The van der Waals surface area contributed by atoms with E-state index in [1.165, 1.54) is 11.6 Å². The molecule has 0 spiro atoms. The van der Waals surface area contributed by atoms with Gasteiger partial charge in [0, 0.05) is 24.2 Å². The Hall–Kier alpha value is -4.73. The molecule has 2 heterocycles. The van der Waals surface area contributed by atoms with E-state index in [-0.39, 0.29) is 36.0 Å². The quantitative estimate of drug-likeness (QED) is 0.236. The number of nitrogens with zero attached hydrogens (tertiary/aromatic N) is 3. The number of hydrogen-bond donors (Lipinski definition) is 1. The molecule has 0 bridgehead atoms. The van der Waals surface area contributed by atoms with Gasteiger partial charge >= 0.3 is 17.8 Å². The topological polar surface area (TPSA) is 126 Å². The smallest absolute Gasteiger partial charge is 0.342 e. The third kappa shape index (κ3) is 6.23. The highest BCUT2D eigenvalue weighted by molar-refractivity contribution is 5.99. The number of dihydropyridines is 1. The molecule has 10 nitrogen and oxygen atoms in total. The van der Waals surface area contributed by atoms with Crippen molar-refractivity contribution in [2.45, 2.75) is 32.6 Å². The molecule has 4 rings (SSSR count). The Morgan fingerprint density at radius 2 is 1.36 bits per heavy atom. The van der Waals surface area contributed by atoms with Gasteiger partial charge in [-0.1, -0.05) is 60.7 Å². The van der Waals surface area contributed by atoms with Gasteiger partial charge in [-0.2, -0.15) is 0 Å². The molecular formula is C29H30N4O6. The fourth-order valence-electron chi connectivity index (χ4n) is 4.61. The summed E-state index contributed by atoms with van der Waals surface area (Å²) in [6, 6.07) is 19.2. The number of hydrogen-bond acceptors (Lipinski definition) is 8. The third-order valence-electron chi connectivity index (χ3n) is 6.58. The molecule has 1 aliphatic rings. The van der Waals surface area contributed by atoms with Crippen LogP contribution in [0.1, 0.15) is 36.7 Å². The van der Waals surface area contributed by atoms with Gasteiger partial charge in [-0.3, -0.25) is 0 Å². The van der Waals surface area contributed by atoms with E-state index in [0.717, 1.165) is 17.3 Å². The number of carbonyl (C=O) groups excluding carboxylic acids is 2. The average molecular weight is 531 g/mol. The summed E-state index contributed by atoms with van der Waals surface area (Å²) >= 11 is 0. The molecule has 10 heteroatoms. The molecule has 39 heavy (non-hydrogen) atoms. The third-order valence-corrected chi connectivity index (χ3v) is 6.58. The molecule has 0 saturated carbocycles. The van der Waals surface area contributed by atoms with Crippen LogP contribution in [-0.2, 0) is 39.0 Å². The van der Waals surface area contributed by atoms with Crippen LogP contribution >= 0.6 is 0 Å². The van der Waals surface area contributed by atoms with Crippen molar-refractivity contribution in [1.29, 1.82) is 0 Å². The molecule has 0 amide bonds. The van der Waals surface area contributed by atoms with Crippen LogP contribution in [0, 0.1) is 10.1 Å². The Morgan fingerprint density at radius 1 is 0.897 bits per heavy atom. The highest BCUT2D eigenvalue weighted by Gasteiger charge is 2.42. The number of imidazole rings is 1. The van der Waals surface area contributed by atoms with Crippen LogP contribution in [0.15, 0.2) is 89.4 Å². The van der Waals surface area contributed by atoms with Gasteiger partial charge in [0.1, 0.15) is 12.1 Å². The molecule has 0 atom stereocenters. The summed E-state index contributed by atoms with van der Waals surface area (Å²) in [5, 5.41) is 14.6. The zero-order chi connectivity index (χ0) is 27.9. The van der Waals surface area contributed by atoms with Gasteiger partial charge < -0.3 is 24.9 Å². The fourth-order valence-corrected chi connectivity index (χ4v) is 4.61. The minimum atomic E-state index is -1.03. The first-order valence-corrected chi connectivity index (χ1v) is 12.5. The lowest BCUT2D eigenvalue weighted by atomic mass is 9.84. The number of ether oxygens (including phenoxy) is 2. The highest BCUT2D eigenvalue weighted by Crippen LogP contribution is 2.39. The summed E-state index contributed by atoms with van der Waals surface area (Å²) < 4.78 is 12.5. The van der Waals surface area contributed by atoms with Crippen molar-refractivity contribution in [2.75, 3.05) is 13.2 Å². The second-order valence-corrected chi connectivity index (χ2v) is 9.17. The van der Waals surface area contributed by atoms with Crippen molar-refractivity contribution < 1.29 is 24.0 Å². The van der Waals surface area contributed by atoms with Gasteiger partial charge in [-0.25, -0.2) is 19.1 Å². The summed E-state index contributed by atoms with van der Waals surface area (Å²) in [6.07, 6.45) is 2.13. The second-order valence-electron chi connectivity index (χ2n) is 9.17. The van der Waals surface area contributed by atoms with Crippen LogP contribution in [0.3, 0.4) is 0 Å². The number of nitrogens with one attached hydrogen (secondary N) is 1. The fraction of sp³-hybridized carbons (Fsp3) is 0.276. The van der Waals surface area contributed by atoms with E-state index < -0.39 is 22.8 Å². The zero-order valence-corrected chi connectivity index (χ0v) is 22.0. The van der Waals surface area contributed by atoms with Gasteiger partial charge in [-0.15, -0.1) is 0 Å². The molecule has 0 unspecified atom stereocenters. The van der Waals surface area contributed by atoms with Crippen molar-refractivity contribution >= 4 is 17.8 Å². The Morgan fingerprint density at radius 3 is 1.77 bits per heavy atom.